The monoisotopic (exact) mass is 310 g/mol. The largest absolute Gasteiger partial charge is 0.307 e. The van der Waals surface area contributed by atoms with Gasteiger partial charge in [0.1, 0.15) is 11.5 Å². The van der Waals surface area contributed by atoms with Crippen LogP contribution >= 0.6 is 0 Å². The second-order valence-electron chi connectivity index (χ2n) is 5.37. The second-order valence-corrected chi connectivity index (χ2v) is 5.37. The predicted molar refractivity (Wildman–Crippen MR) is 85.9 cm³/mol. The number of aromatic nitrogens is 1. The summed E-state index contributed by atoms with van der Waals surface area (Å²) in [5.41, 5.74) is 1.41. The highest BCUT2D eigenvalue weighted by Crippen LogP contribution is 2.28. The molecule has 2 aromatic rings. The molecule has 0 saturated carbocycles. The van der Waals surface area contributed by atoms with Crippen molar-refractivity contribution >= 4 is 11.6 Å². The molecule has 0 N–H and O–H groups in total. The quantitative estimate of drug-likeness (QED) is 0.798. The number of benzene rings is 1. The van der Waals surface area contributed by atoms with E-state index in [0.29, 0.717) is 12.2 Å². The molecule has 116 valence electrons. The van der Waals surface area contributed by atoms with Gasteiger partial charge in [-0.15, -0.1) is 6.42 Å². The van der Waals surface area contributed by atoms with Crippen molar-refractivity contribution in [2.45, 2.75) is 19.4 Å². The maximum atomic E-state index is 13.4. The normalized spacial score (nSPS) is 13.3. The van der Waals surface area contributed by atoms with E-state index in [1.54, 1.807) is 17.0 Å². The van der Waals surface area contributed by atoms with Crippen LogP contribution in [0.3, 0.4) is 0 Å². The van der Waals surface area contributed by atoms with Crippen LogP contribution in [0.4, 0.5) is 10.1 Å². The van der Waals surface area contributed by atoms with Crippen molar-refractivity contribution in [1.82, 2.24) is 4.57 Å². The number of hydrogen-bond donors (Lipinski definition) is 0. The fourth-order valence-corrected chi connectivity index (χ4v) is 2.88. The number of aryl methyl sites for hydroxylation is 1. The van der Waals surface area contributed by atoms with Gasteiger partial charge in [0.05, 0.1) is 6.54 Å². The van der Waals surface area contributed by atoms with Crippen LogP contribution in [0.2, 0.25) is 0 Å². The summed E-state index contributed by atoms with van der Waals surface area (Å²) in [5, 5.41) is 0. The fourth-order valence-electron chi connectivity index (χ4n) is 2.88. The van der Waals surface area contributed by atoms with Gasteiger partial charge in [0.2, 0.25) is 0 Å². The number of halogens is 1. The Morgan fingerprint density at radius 2 is 2.13 bits per heavy atom. The minimum atomic E-state index is -0.318. The zero-order valence-electron chi connectivity index (χ0n) is 12.5. The van der Waals surface area contributed by atoms with E-state index in [1.165, 1.54) is 28.8 Å². The van der Waals surface area contributed by atoms with E-state index >= 15 is 0 Å². The van der Waals surface area contributed by atoms with Gasteiger partial charge in [-0.1, -0.05) is 12.0 Å². The Morgan fingerprint density at radius 1 is 1.30 bits per heavy atom. The second kappa shape index (κ2) is 6.09. The Balaban J connectivity index is 2.05. The first-order valence-electron chi connectivity index (χ1n) is 7.35. The number of anilines is 1. The lowest BCUT2D eigenvalue weighted by Gasteiger charge is -2.30. The number of carbonyl (C=O) groups is 1. The first-order chi connectivity index (χ1) is 11.1. The van der Waals surface area contributed by atoms with E-state index in [9.17, 15) is 14.0 Å². The molecule has 0 unspecified atom stereocenters. The minimum Gasteiger partial charge on any atom is -0.307 e. The molecule has 4 nitrogen and oxygen atoms in total. The average Bonchev–Trinajstić information content (AvgIpc) is 2.55. The van der Waals surface area contributed by atoms with Gasteiger partial charge in [-0.2, -0.15) is 0 Å². The van der Waals surface area contributed by atoms with Gasteiger partial charge in [-0.3, -0.25) is 14.2 Å². The van der Waals surface area contributed by atoms with Crippen LogP contribution in [0.25, 0.3) is 0 Å². The maximum Gasteiger partial charge on any atom is 0.275 e. The van der Waals surface area contributed by atoms with Crippen molar-refractivity contribution in [3.8, 4) is 12.3 Å². The topological polar surface area (TPSA) is 42.3 Å². The van der Waals surface area contributed by atoms with Gasteiger partial charge in [0.15, 0.2) is 0 Å². The number of pyridine rings is 1. The molecule has 23 heavy (non-hydrogen) atoms. The van der Waals surface area contributed by atoms with Gasteiger partial charge in [0.25, 0.3) is 11.5 Å². The van der Waals surface area contributed by atoms with Crippen LogP contribution in [0.15, 0.2) is 41.2 Å². The lowest BCUT2D eigenvalue weighted by atomic mass is 10.0. The summed E-state index contributed by atoms with van der Waals surface area (Å²) in [6.45, 7) is 0.557. The molecule has 1 aromatic heterocycles. The number of rotatable bonds is 2. The minimum absolute atomic E-state index is 0.0326. The van der Waals surface area contributed by atoms with Crippen LogP contribution in [0.1, 0.15) is 22.5 Å². The fraction of sp³-hybridized carbons (Fsp3) is 0.222. The van der Waals surface area contributed by atoms with Crippen LogP contribution in [-0.4, -0.2) is 17.0 Å². The summed E-state index contributed by atoms with van der Waals surface area (Å²) < 4.78 is 14.7. The average molecular weight is 310 g/mol. The Bertz CT molecular complexity index is 864. The van der Waals surface area contributed by atoms with Crippen molar-refractivity contribution in [3.63, 3.8) is 0 Å². The molecule has 0 aliphatic carbocycles. The predicted octanol–water partition coefficient (Wildman–Crippen LogP) is 2.21. The number of terminal acetylenes is 1. The summed E-state index contributed by atoms with van der Waals surface area (Å²) in [6, 6.07) is 8.89. The van der Waals surface area contributed by atoms with Crippen LogP contribution in [0.5, 0.6) is 0 Å². The molecule has 1 aliphatic heterocycles. The summed E-state index contributed by atoms with van der Waals surface area (Å²) in [5.74, 6) is 1.77. The highest BCUT2D eigenvalue weighted by molar-refractivity contribution is 6.05. The molecule has 5 heteroatoms. The third-order valence-electron chi connectivity index (χ3n) is 3.92. The van der Waals surface area contributed by atoms with E-state index in [-0.39, 0.29) is 29.5 Å². The smallest absolute Gasteiger partial charge is 0.275 e. The van der Waals surface area contributed by atoms with Crippen molar-refractivity contribution in [2.75, 3.05) is 11.4 Å². The molecular weight excluding hydrogens is 295 g/mol. The molecule has 1 amide bonds. The standard InChI is InChI=1S/C18H15FN2O2/c1-2-10-20-16(6-3-7-17(20)22)18(23)21-11-4-5-13-12-14(19)8-9-15(13)21/h1,3,6-9,12H,4-5,10-11H2. The Labute approximate surface area is 133 Å². The van der Waals surface area contributed by atoms with Crippen LogP contribution < -0.4 is 10.5 Å². The molecule has 0 spiro atoms. The van der Waals surface area contributed by atoms with Crippen LogP contribution in [0, 0.1) is 18.2 Å². The Kier molecular flexibility index (Phi) is 3.98. The van der Waals surface area contributed by atoms with Crippen LogP contribution in [-0.2, 0) is 13.0 Å². The molecule has 1 aromatic carbocycles. The SMILES string of the molecule is C#CCn1c(C(=O)N2CCCc3cc(F)ccc32)cccc1=O. The van der Waals surface area contributed by atoms with Gasteiger partial charge in [-0.25, -0.2) is 4.39 Å². The zero-order chi connectivity index (χ0) is 16.4. The summed E-state index contributed by atoms with van der Waals surface area (Å²) in [7, 11) is 0. The van der Waals surface area contributed by atoms with Crippen molar-refractivity contribution in [2.24, 2.45) is 0 Å². The van der Waals surface area contributed by atoms with E-state index in [1.807, 2.05) is 0 Å². The van der Waals surface area contributed by atoms with E-state index in [2.05, 4.69) is 5.92 Å². The highest BCUT2D eigenvalue weighted by atomic mass is 19.1. The van der Waals surface area contributed by atoms with Crippen molar-refractivity contribution in [1.29, 1.82) is 0 Å². The van der Waals surface area contributed by atoms with E-state index in [0.717, 1.165) is 18.4 Å². The van der Waals surface area contributed by atoms with Crippen molar-refractivity contribution in [3.05, 3.63) is 63.8 Å². The molecule has 0 atom stereocenters. The molecule has 0 fully saturated rings. The summed E-state index contributed by atoms with van der Waals surface area (Å²) in [6.07, 6.45) is 6.76. The van der Waals surface area contributed by atoms with Gasteiger partial charge in [-0.05, 0) is 42.7 Å². The number of hydrogen-bond acceptors (Lipinski definition) is 2. The van der Waals surface area contributed by atoms with Gasteiger partial charge >= 0.3 is 0 Å². The molecular formula is C18H15FN2O2. The van der Waals surface area contributed by atoms with Gasteiger partial charge < -0.3 is 4.90 Å². The molecule has 0 bridgehead atoms. The molecule has 3 rings (SSSR count). The van der Waals surface area contributed by atoms with Crippen molar-refractivity contribution < 1.29 is 9.18 Å². The third kappa shape index (κ3) is 2.76. The van der Waals surface area contributed by atoms with E-state index < -0.39 is 0 Å². The molecule has 0 saturated heterocycles. The first kappa shape index (κ1) is 15.0. The molecule has 2 heterocycles. The van der Waals surface area contributed by atoms with Gasteiger partial charge in [0, 0.05) is 18.3 Å². The van der Waals surface area contributed by atoms with E-state index in [4.69, 9.17) is 6.42 Å². The lowest BCUT2D eigenvalue weighted by Crippen LogP contribution is -2.39. The number of amides is 1. The first-order valence-corrected chi connectivity index (χ1v) is 7.35. The number of fused-ring (bicyclic) bond motifs is 1. The highest BCUT2D eigenvalue weighted by Gasteiger charge is 2.25. The number of carbonyl (C=O) groups excluding carboxylic acids is 1. The summed E-state index contributed by atoms with van der Waals surface area (Å²) in [4.78, 5) is 26.4. The maximum absolute atomic E-state index is 13.4. The number of nitrogens with zero attached hydrogens (tertiary/aromatic N) is 2. The Hall–Kier alpha value is -2.87. The Morgan fingerprint density at radius 3 is 2.91 bits per heavy atom. The third-order valence-corrected chi connectivity index (χ3v) is 3.92. The molecule has 1 aliphatic rings. The zero-order valence-corrected chi connectivity index (χ0v) is 12.5. The summed E-state index contributed by atoms with van der Waals surface area (Å²) >= 11 is 0. The lowest BCUT2D eigenvalue weighted by molar-refractivity contribution is 0.0975. The molecule has 0 radical (unpaired) electrons.